The number of aromatic nitrogens is 1. The molecule has 0 fully saturated rings. The van der Waals surface area contributed by atoms with Crippen LogP contribution in [0.1, 0.15) is 35.5 Å². The zero-order valence-electron chi connectivity index (χ0n) is 17.1. The van der Waals surface area contributed by atoms with Gasteiger partial charge in [0.2, 0.25) is 0 Å². The monoisotopic (exact) mass is 406 g/mol. The summed E-state index contributed by atoms with van der Waals surface area (Å²) in [7, 11) is 0. The lowest BCUT2D eigenvalue weighted by atomic mass is 10.1. The molecule has 0 saturated carbocycles. The number of amides is 1. The van der Waals surface area contributed by atoms with Gasteiger partial charge >= 0.3 is 0 Å². The van der Waals surface area contributed by atoms with Gasteiger partial charge in [-0.1, -0.05) is 29.4 Å². The standard InChI is InChI=1S/C23H23FN4O2/c1-14-6-4-5-7-18(14)13-28-16(3)22(15(2)26-28)25-23(29)20-12-21(30-27-20)17-8-10-19(24)11-9-17/h4-12,15,26H,13H2,1-3H3,(H,25,29)/t15-/m1/s1. The average molecular weight is 406 g/mol. The fraction of sp³-hybridized carbons (Fsp3) is 0.217. The van der Waals surface area contributed by atoms with Crippen LogP contribution >= 0.6 is 0 Å². The fourth-order valence-corrected chi connectivity index (χ4v) is 3.49. The highest BCUT2D eigenvalue weighted by Gasteiger charge is 2.28. The summed E-state index contributed by atoms with van der Waals surface area (Å²) in [6, 6.07) is 15.5. The zero-order valence-corrected chi connectivity index (χ0v) is 17.1. The van der Waals surface area contributed by atoms with Gasteiger partial charge in [0.15, 0.2) is 11.5 Å². The smallest absolute Gasteiger partial charge is 0.277 e. The summed E-state index contributed by atoms with van der Waals surface area (Å²) in [4.78, 5) is 12.7. The summed E-state index contributed by atoms with van der Waals surface area (Å²) in [6.07, 6.45) is 0. The highest BCUT2D eigenvalue weighted by atomic mass is 19.1. The van der Waals surface area contributed by atoms with Crippen molar-refractivity contribution in [3.05, 3.63) is 88.6 Å². The first-order valence-corrected chi connectivity index (χ1v) is 9.75. The highest BCUT2D eigenvalue weighted by Crippen LogP contribution is 2.23. The Bertz CT molecular complexity index is 1100. The second-order valence-electron chi connectivity index (χ2n) is 7.40. The second kappa shape index (κ2) is 8.12. The van der Waals surface area contributed by atoms with E-state index in [-0.39, 0.29) is 23.5 Å². The third kappa shape index (κ3) is 3.97. The van der Waals surface area contributed by atoms with E-state index >= 15 is 0 Å². The molecule has 0 radical (unpaired) electrons. The van der Waals surface area contributed by atoms with Gasteiger partial charge in [-0.15, -0.1) is 0 Å². The number of aryl methyl sites for hydroxylation is 1. The van der Waals surface area contributed by atoms with E-state index in [4.69, 9.17) is 4.52 Å². The molecule has 0 spiro atoms. The van der Waals surface area contributed by atoms with Crippen LogP contribution in [0.2, 0.25) is 0 Å². The molecule has 4 rings (SSSR count). The molecular formula is C23H23FN4O2. The fourth-order valence-electron chi connectivity index (χ4n) is 3.49. The van der Waals surface area contributed by atoms with Crippen LogP contribution < -0.4 is 10.7 Å². The molecule has 3 aromatic rings. The molecule has 154 valence electrons. The van der Waals surface area contributed by atoms with Gasteiger partial charge in [-0.05, 0) is 56.2 Å². The minimum atomic E-state index is -0.354. The maximum Gasteiger partial charge on any atom is 0.277 e. The number of hydrogen-bond acceptors (Lipinski definition) is 5. The molecule has 0 aliphatic carbocycles. The molecule has 1 aliphatic heterocycles. The molecule has 0 saturated heterocycles. The van der Waals surface area contributed by atoms with E-state index < -0.39 is 0 Å². The van der Waals surface area contributed by atoms with Crippen LogP contribution in [0.5, 0.6) is 0 Å². The summed E-state index contributed by atoms with van der Waals surface area (Å²) >= 11 is 0. The normalized spacial score (nSPS) is 16.3. The van der Waals surface area contributed by atoms with Crippen molar-refractivity contribution in [2.75, 3.05) is 0 Å². The van der Waals surface area contributed by atoms with E-state index in [0.717, 1.165) is 11.4 Å². The molecular weight excluding hydrogens is 383 g/mol. The summed E-state index contributed by atoms with van der Waals surface area (Å²) in [5.41, 5.74) is 8.37. The van der Waals surface area contributed by atoms with Crippen molar-refractivity contribution in [2.45, 2.75) is 33.4 Å². The summed E-state index contributed by atoms with van der Waals surface area (Å²) in [6.45, 7) is 6.74. The molecule has 0 bridgehead atoms. The minimum absolute atomic E-state index is 0.0542. The lowest BCUT2D eigenvalue weighted by molar-refractivity contribution is 0.0954. The van der Waals surface area contributed by atoms with Gasteiger partial charge in [-0.3, -0.25) is 4.79 Å². The van der Waals surface area contributed by atoms with E-state index in [9.17, 15) is 9.18 Å². The van der Waals surface area contributed by atoms with Crippen LogP contribution in [0.15, 0.2) is 70.5 Å². The number of benzene rings is 2. The Kier molecular flexibility index (Phi) is 5.37. The Morgan fingerprint density at radius 2 is 1.93 bits per heavy atom. The van der Waals surface area contributed by atoms with Crippen molar-refractivity contribution < 1.29 is 13.7 Å². The molecule has 1 amide bonds. The largest absolute Gasteiger partial charge is 0.355 e. The topological polar surface area (TPSA) is 70.4 Å². The Labute approximate surface area is 174 Å². The first-order chi connectivity index (χ1) is 14.4. The van der Waals surface area contributed by atoms with E-state index in [1.165, 1.54) is 23.3 Å². The van der Waals surface area contributed by atoms with Gasteiger partial charge in [0.05, 0.1) is 18.3 Å². The van der Waals surface area contributed by atoms with Crippen LogP contribution in [0.4, 0.5) is 4.39 Å². The average Bonchev–Trinajstić information content (AvgIpc) is 3.32. The Balaban J connectivity index is 1.49. The molecule has 2 heterocycles. The third-order valence-electron chi connectivity index (χ3n) is 5.29. The predicted octanol–water partition coefficient (Wildman–Crippen LogP) is 4.16. The third-order valence-corrected chi connectivity index (χ3v) is 5.29. The van der Waals surface area contributed by atoms with Gasteiger partial charge in [0.25, 0.3) is 5.91 Å². The van der Waals surface area contributed by atoms with E-state index in [0.29, 0.717) is 17.9 Å². The predicted molar refractivity (Wildman–Crippen MR) is 111 cm³/mol. The van der Waals surface area contributed by atoms with Crippen LogP contribution in [0, 0.1) is 12.7 Å². The van der Waals surface area contributed by atoms with Crippen molar-refractivity contribution in [2.24, 2.45) is 0 Å². The van der Waals surface area contributed by atoms with Gasteiger partial charge in [0.1, 0.15) is 5.82 Å². The quantitative estimate of drug-likeness (QED) is 0.666. The van der Waals surface area contributed by atoms with Crippen LogP contribution in [-0.4, -0.2) is 22.1 Å². The lowest BCUT2D eigenvalue weighted by Crippen LogP contribution is -2.37. The second-order valence-corrected chi connectivity index (χ2v) is 7.40. The SMILES string of the molecule is CC1=C(NC(=O)c2cc(-c3ccc(F)cc3)on2)[C@@H](C)NN1Cc1ccccc1C. The molecule has 1 aromatic heterocycles. The van der Waals surface area contributed by atoms with E-state index in [2.05, 4.69) is 35.0 Å². The van der Waals surface area contributed by atoms with Crippen molar-refractivity contribution in [3.63, 3.8) is 0 Å². The number of allylic oxidation sites excluding steroid dienone is 1. The number of carbonyl (C=O) groups is 1. The number of rotatable bonds is 5. The maximum absolute atomic E-state index is 13.1. The molecule has 2 aromatic carbocycles. The molecule has 1 atom stereocenters. The number of hydrazine groups is 1. The minimum Gasteiger partial charge on any atom is -0.355 e. The van der Waals surface area contributed by atoms with Gasteiger partial charge < -0.3 is 14.8 Å². The molecule has 6 nitrogen and oxygen atoms in total. The number of nitrogens with one attached hydrogen (secondary N) is 2. The van der Waals surface area contributed by atoms with Crippen LogP contribution in [-0.2, 0) is 6.54 Å². The van der Waals surface area contributed by atoms with E-state index in [1.54, 1.807) is 18.2 Å². The zero-order chi connectivity index (χ0) is 21.3. The van der Waals surface area contributed by atoms with Gasteiger partial charge in [-0.2, -0.15) is 0 Å². The summed E-state index contributed by atoms with van der Waals surface area (Å²) < 4.78 is 18.4. The summed E-state index contributed by atoms with van der Waals surface area (Å²) in [5, 5.41) is 8.86. The first kappa shape index (κ1) is 19.8. The number of halogens is 1. The molecule has 30 heavy (non-hydrogen) atoms. The Hall–Kier alpha value is -3.45. The van der Waals surface area contributed by atoms with Gasteiger partial charge in [-0.25, -0.2) is 9.82 Å². The highest BCUT2D eigenvalue weighted by molar-refractivity contribution is 5.94. The van der Waals surface area contributed by atoms with Crippen LogP contribution in [0.3, 0.4) is 0 Å². The summed E-state index contributed by atoms with van der Waals surface area (Å²) in [5.74, 6) is -0.283. The Morgan fingerprint density at radius 3 is 2.67 bits per heavy atom. The molecule has 7 heteroatoms. The lowest BCUT2D eigenvalue weighted by Gasteiger charge is -2.22. The number of carbonyl (C=O) groups excluding carboxylic acids is 1. The molecule has 2 N–H and O–H groups in total. The number of nitrogens with zero attached hydrogens (tertiary/aromatic N) is 2. The van der Waals surface area contributed by atoms with E-state index in [1.807, 2.05) is 31.0 Å². The molecule has 1 aliphatic rings. The van der Waals surface area contributed by atoms with Gasteiger partial charge in [0, 0.05) is 17.3 Å². The molecule has 0 unspecified atom stereocenters. The first-order valence-electron chi connectivity index (χ1n) is 9.75. The van der Waals surface area contributed by atoms with Crippen LogP contribution in [0.25, 0.3) is 11.3 Å². The van der Waals surface area contributed by atoms with Crippen molar-refractivity contribution in [3.8, 4) is 11.3 Å². The Morgan fingerprint density at radius 1 is 1.20 bits per heavy atom. The van der Waals surface area contributed by atoms with Crippen molar-refractivity contribution in [1.29, 1.82) is 0 Å². The maximum atomic E-state index is 13.1. The van der Waals surface area contributed by atoms with Crippen molar-refractivity contribution >= 4 is 5.91 Å². The number of hydrogen-bond donors (Lipinski definition) is 2. The van der Waals surface area contributed by atoms with Crippen molar-refractivity contribution in [1.82, 2.24) is 20.9 Å².